The first kappa shape index (κ1) is 13.5. The highest BCUT2D eigenvalue weighted by molar-refractivity contribution is 5.99. The summed E-state index contributed by atoms with van der Waals surface area (Å²) in [6.45, 7) is 0. The topological polar surface area (TPSA) is 72.3 Å². The molecule has 0 aliphatic heterocycles. The van der Waals surface area contributed by atoms with Gasteiger partial charge < -0.3 is 16.4 Å². The Morgan fingerprint density at radius 3 is 2.71 bits per heavy atom. The summed E-state index contributed by atoms with van der Waals surface area (Å²) in [6, 6.07) is 13.4. The van der Waals surface area contributed by atoms with Gasteiger partial charge in [-0.05, 0) is 42.2 Å². The molecule has 0 saturated carbocycles. The third-order valence-corrected chi connectivity index (χ3v) is 4.20. The number of aryl methyl sites for hydroxylation is 1. The summed E-state index contributed by atoms with van der Waals surface area (Å²) in [7, 11) is 1.84. The molecule has 1 atom stereocenters. The quantitative estimate of drug-likeness (QED) is 0.831. The third kappa shape index (κ3) is 2.33. The van der Waals surface area contributed by atoms with E-state index in [9.17, 15) is 4.79 Å². The van der Waals surface area contributed by atoms with Gasteiger partial charge in [-0.1, -0.05) is 24.3 Å². The van der Waals surface area contributed by atoms with E-state index in [1.807, 2.05) is 19.2 Å². The highest BCUT2D eigenvalue weighted by atomic mass is 16.2. The fraction of sp³-hybridized carbons (Fsp3) is 0.235. The minimum absolute atomic E-state index is 0.0609. The fourth-order valence-electron chi connectivity index (χ4n) is 3.04. The van der Waals surface area contributed by atoms with E-state index in [4.69, 9.17) is 11.5 Å². The monoisotopic (exact) mass is 281 g/mol. The zero-order valence-corrected chi connectivity index (χ0v) is 12.0. The second kappa shape index (κ2) is 5.13. The van der Waals surface area contributed by atoms with Crippen molar-refractivity contribution in [1.82, 2.24) is 4.90 Å². The number of carbonyl (C=O) groups is 1. The lowest BCUT2D eigenvalue weighted by atomic mass is 10.1. The number of nitrogens with zero attached hydrogens (tertiary/aromatic N) is 1. The number of benzene rings is 2. The van der Waals surface area contributed by atoms with Gasteiger partial charge in [-0.2, -0.15) is 0 Å². The summed E-state index contributed by atoms with van der Waals surface area (Å²) in [6.07, 6.45) is 1.96. The van der Waals surface area contributed by atoms with Crippen LogP contribution in [0.4, 0.5) is 11.4 Å². The van der Waals surface area contributed by atoms with E-state index in [0.29, 0.717) is 16.9 Å². The summed E-state index contributed by atoms with van der Waals surface area (Å²) in [5.41, 5.74) is 15.7. The minimum Gasteiger partial charge on any atom is -0.399 e. The molecule has 0 radical (unpaired) electrons. The number of amides is 1. The van der Waals surface area contributed by atoms with Crippen molar-refractivity contribution in [3.8, 4) is 0 Å². The van der Waals surface area contributed by atoms with E-state index in [0.717, 1.165) is 12.8 Å². The summed E-state index contributed by atoms with van der Waals surface area (Å²) in [4.78, 5) is 14.5. The number of hydrogen-bond acceptors (Lipinski definition) is 3. The third-order valence-electron chi connectivity index (χ3n) is 4.20. The molecule has 0 heterocycles. The van der Waals surface area contributed by atoms with Crippen LogP contribution >= 0.6 is 0 Å². The number of nitrogens with two attached hydrogens (primary N) is 2. The van der Waals surface area contributed by atoms with Gasteiger partial charge in [0.15, 0.2) is 0 Å². The van der Waals surface area contributed by atoms with Gasteiger partial charge in [0.25, 0.3) is 5.91 Å². The first-order valence-electron chi connectivity index (χ1n) is 7.08. The van der Waals surface area contributed by atoms with Gasteiger partial charge in [0.05, 0.1) is 11.6 Å². The Bertz CT molecular complexity index is 696. The van der Waals surface area contributed by atoms with Crippen molar-refractivity contribution < 1.29 is 4.79 Å². The van der Waals surface area contributed by atoms with Crippen LogP contribution < -0.4 is 11.5 Å². The highest BCUT2D eigenvalue weighted by Crippen LogP contribution is 2.35. The van der Waals surface area contributed by atoms with Crippen molar-refractivity contribution in [3.63, 3.8) is 0 Å². The SMILES string of the molecule is CN(C(=O)c1ccc(N)cc1N)C1CCc2ccccc21. The van der Waals surface area contributed by atoms with Gasteiger partial charge in [-0.15, -0.1) is 0 Å². The van der Waals surface area contributed by atoms with E-state index in [2.05, 4.69) is 12.1 Å². The Kier molecular flexibility index (Phi) is 3.29. The van der Waals surface area contributed by atoms with E-state index in [1.54, 1.807) is 23.1 Å². The Morgan fingerprint density at radius 2 is 1.95 bits per heavy atom. The molecule has 2 aromatic carbocycles. The predicted octanol–water partition coefficient (Wildman–Crippen LogP) is 2.61. The molecule has 0 aromatic heterocycles. The predicted molar refractivity (Wildman–Crippen MR) is 84.9 cm³/mol. The Labute approximate surface area is 124 Å². The highest BCUT2D eigenvalue weighted by Gasteiger charge is 2.29. The lowest BCUT2D eigenvalue weighted by Gasteiger charge is -2.26. The van der Waals surface area contributed by atoms with Crippen LogP contribution in [0.25, 0.3) is 0 Å². The molecule has 0 spiro atoms. The molecule has 4 heteroatoms. The lowest BCUT2D eigenvalue weighted by molar-refractivity contribution is 0.0731. The van der Waals surface area contributed by atoms with Crippen LogP contribution in [0.3, 0.4) is 0 Å². The van der Waals surface area contributed by atoms with Crippen LogP contribution in [0.2, 0.25) is 0 Å². The average molecular weight is 281 g/mol. The molecule has 1 aliphatic carbocycles. The molecule has 0 saturated heterocycles. The normalized spacial score (nSPS) is 16.5. The average Bonchev–Trinajstić information content (AvgIpc) is 2.90. The maximum absolute atomic E-state index is 12.7. The molecule has 1 unspecified atom stereocenters. The molecule has 0 bridgehead atoms. The molecule has 2 aromatic rings. The molecule has 1 amide bonds. The lowest BCUT2D eigenvalue weighted by Crippen LogP contribution is -2.30. The zero-order chi connectivity index (χ0) is 15.0. The number of fused-ring (bicyclic) bond motifs is 1. The van der Waals surface area contributed by atoms with Crippen molar-refractivity contribution in [2.24, 2.45) is 0 Å². The molecule has 1 aliphatic rings. The van der Waals surface area contributed by atoms with Gasteiger partial charge in [0, 0.05) is 18.4 Å². The maximum atomic E-state index is 12.7. The van der Waals surface area contributed by atoms with Gasteiger partial charge >= 0.3 is 0 Å². The van der Waals surface area contributed by atoms with Gasteiger partial charge in [-0.3, -0.25) is 4.79 Å². The molecular weight excluding hydrogens is 262 g/mol. The smallest absolute Gasteiger partial charge is 0.256 e. The standard InChI is InChI=1S/C17H19N3O/c1-20(16-9-6-11-4-2-3-5-13(11)16)17(21)14-8-7-12(18)10-15(14)19/h2-5,7-8,10,16H,6,9,18-19H2,1H3. The number of rotatable bonds is 2. The molecule has 0 fully saturated rings. The van der Waals surface area contributed by atoms with Crippen LogP contribution in [0, 0.1) is 0 Å². The number of nitrogen functional groups attached to an aromatic ring is 2. The van der Waals surface area contributed by atoms with E-state index in [1.165, 1.54) is 11.1 Å². The summed E-state index contributed by atoms with van der Waals surface area (Å²) in [5.74, 6) is -0.0609. The van der Waals surface area contributed by atoms with Crippen molar-refractivity contribution in [2.75, 3.05) is 18.5 Å². The molecule has 3 rings (SSSR count). The van der Waals surface area contributed by atoms with Crippen molar-refractivity contribution in [3.05, 3.63) is 59.2 Å². The van der Waals surface area contributed by atoms with Crippen molar-refractivity contribution in [2.45, 2.75) is 18.9 Å². The van der Waals surface area contributed by atoms with E-state index in [-0.39, 0.29) is 11.9 Å². The van der Waals surface area contributed by atoms with Crippen molar-refractivity contribution in [1.29, 1.82) is 0 Å². The number of carbonyl (C=O) groups excluding carboxylic acids is 1. The maximum Gasteiger partial charge on any atom is 0.256 e. The van der Waals surface area contributed by atoms with Crippen LogP contribution in [-0.2, 0) is 6.42 Å². The van der Waals surface area contributed by atoms with Gasteiger partial charge in [0.2, 0.25) is 0 Å². The number of hydrogen-bond donors (Lipinski definition) is 2. The Balaban J connectivity index is 1.89. The number of anilines is 2. The van der Waals surface area contributed by atoms with Gasteiger partial charge in [0.1, 0.15) is 0 Å². The van der Waals surface area contributed by atoms with Crippen LogP contribution in [0.15, 0.2) is 42.5 Å². The molecule has 108 valence electrons. The van der Waals surface area contributed by atoms with Crippen molar-refractivity contribution >= 4 is 17.3 Å². The summed E-state index contributed by atoms with van der Waals surface area (Å²) < 4.78 is 0. The zero-order valence-electron chi connectivity index (χ0n) is 12.0. The first-order chi connectivity index (χ1) is 10.1. The Morgan fingerprint density at radius 1 is 1.19 bits per heavy atom. The molecule has 4 N–H and O–H groups in total. The first-order valence-corrected chi connectivity index (χ1v) is 7.08. The van der Waals surface area contributed by atoms with Crippen LogP contribution in [0.1, 0.15) is 33.9 Å². The van der Waals surface area contributed by atoms with Gasteiger partial charge in [-0.25, -0.2) is 0 Å². The summed E-state index contributed by atoms with van der Waals surface area (Å²) in [5, 5.41) is 0. The second-order valence-corrected chi connectivity index (χ2v) is 5.52. The fourth-order valence-corrected chi connectivity index (χ4v) is 3.04. The van der Waals surface area contributed by atoms with Crippen LogP contribution in [-0.4, -0.2) is 17.9 Å². The van der Waals surface area contributed by atoms with E-state index < -0.39 is 0 Å². The minimum atomic E-state index is -0.0609. The Hall–Kier alpha value is -2.49. The van der Waals surface area contributed by atoms with Crippen LogP contribution in [0.5, 0.6) is 0 Å². The molecule has 4 nitrogen and oxygen atoms in total. The molecule has 21 heavy (non-hydrogen) atoms. The second-order valence-electron chi connectivity index (χ2n) is 5.52. The van der Waals surface area contributed by atoms with E-state index >= 15 is 0 Å². The molecular formula is C17H19N3O. The largest absolute Gasteiger partial charge is 0.399 e. The summed E-state index contributed by atoms with van der Waals surface area (Å²) >= 11 is 0.